The summed E-state index contributed by atoms with van der Waals surface area (Å²) < 4.78 is 22.5. The zero-order valence-electron chi connectivity index (χ0n) is 7.20. The highest BCUT2D eigenvalue weighted by Crippen LogP contribution is 2.44. The summed E-state index contributed by atoms with van der Waals surface area (Å²) in [6.45, 7) is 0. The van der Waals surface area contributed by atoms with Gasteiger partial charge in [0.05, 0.1) is 4.90 Å². The van der Waals surface area contributed by atoms with Gasteiger partial charge in [-0.25, -0.2) is 8.42 Å². The molecule has 1 aromatic rings. The van der Waals surface area contributed by atoms with Crippen molar-refractivity contribution in [3.8, 4) is 0 Å². The molecule has 0 radical (unpaired) electrons. The van der Waals surface area contributed by atoms with Crippen molar-refractivity contribution in [3.63, 3.8) is 0 Å². The lowest BCUT2D eigenvalue weighted by atomic mass is 10.1. The Kier molecular flexibility index (Phi) is 2.50. The Balaban J connectivity index is 2.59. The van der Waals surface area contributed by atoms with Gasteiger partial charge in [0.25, 0.3) is 9.05 Å². The van der Waals surface area contributed by atoms with Gasteiger partial charge in [0.15, 0.2) is 0 Å². The van der Waals surface area contributed by atoms with Crippen LogP contribution in [-0.2, 0) is 9.05 Å². The number of hydrogen-bond acceptors (Lipinski definition) is 2. The molecular weight excluding hydrogens is 243 g/mol. The van der Waals surface area contributed by atoms with Crippen LogP contribution in [0.3, 0.4) is 0 Å². The fourth-order valence-electron chi connectivity index (χ4n) is 1.45. The van der Waals surface area contributed by atoms with Gasteiger partial charge in [-0.05, 0) is 36.5 Å². The van der Waals surface area contributed by atoms with Crippen molar-refractivity contribution in [2.24, 2.45) is 0 Å². The average Bonchev–Trinajstić information content (AvgIpc) is 2.85. The molecule has 0 saturated heterocycles. The van der Waals surface area contributed by atoms with Crippen molar-refractivity contribution < 1.29 is 8.42 Å². The van der Waals surface area contributed by atoms with Crippen LogP contribution in [0.4, 0.5) is 0 Å². The van der Waals surface area contributed by atoms with Crippen LogP contribution in [0.5, 0.6) is 0 Å². The van der Waals surface area contributed by atoms with Crippen LogP contribution in [-0.4, -0.2) is 8.42 Å². The lowest BCUT2D eigenvalue weighted by molar-refractivity contribution is 0.608. The fraction of sp³-hybridized carbons (Fsp3) is 0.333. The van der Waals surface area contributed by atoms with E-state index in [-0.39, 0.29) is 4.90 Å². The SMILES string of the molecule is O=S(=O)(Cl)c1cc(Cl)ccc1C1CC1. The van der Waals surface area contributed by atoms with Gasteiger partial charge in [-0.2, -0.15) is 0 Å². The topological polar surface area (TPSA) is 34.1 Å². The molecule has 14 heavy (non-hydrogen) atoms. The molecule has 1 fully saturated rings. The second-order valence-corrected chi connectivity index (χ2v) is 6.37. The molecule has 5 heteroatoms. The van der Waals surface area contributed by atoms with E-state index in [0.717, 1.165) is 18.4 Å². The molecule has 0 N–H and O–H groups in total. The van der Waals surface area contributed by atoms with Crippen LogP contribution >= 0.6 is 22.3 Å². The summed E-state index contributed by atoms with van der Waals surface area (Å²) in [5, 5.41) is 0.397. The van der Waals surface area contributed by atoms with Gasteiger partial charge in [0.1, 0.15) is 0 Å². The number of rotatable bonds is 2. The molecule has 0 spiro atoms. The summed E-state index contributed by atoms with van der Waals surface area (Å²) in [5.74, 6) is 0.343. The molecule has 0 amide bonds. The first-order chi connectivity index (χ1) is 6.48. The molecule has 1 aliphatic carbocycles. The maximum Gasteiger partial charge on any atom is 0.261 e. The van der Waals surface area contributed by atoms with Crippen LogP contribution in [0.15, 0.2) is 23.1 Å². The summed E-state index contributed by atoms with van der Waals surface area (Å²) >= 11 is 5.72. The maximum atomic E-state index is 11.2. The number of hydrogen-bond donors (Lipinski definition) is 0. The zero-order chi connectivity index (χ0) is 10.3. The van der Waals surface area contributed by atoms with Crippen LogP contribution in [0.25, 0.3) is 0 Å². The van der Waals surface area contributed by atoms with Crippen molar-refractivity contribution >= 4 is 31.3 Å². The summed E-state index contributed by atoms with van der Waals surface area (Å²) in [5.41, 5.74) is 0.796. The van der Waals surface area contributed by atoms with Gasteiger partial charge in [-0.1, -0.05) is 17.7 Å². The molecule has 2 rings (SSSR count). The lowest BCUT2D eigenvalue weighted by Crippen LogP contribution is -1.96. The molecule has 0 heterocycles. The quantitative estimate of drug-likeness (QED) is 0.756. The van der Waals surface area contributed by atoms with Crippen molar-refractivity contribution in [1.29, 1.82) is 0 Å². The monoisotopic (exact) mass is 250 g/mol. The van der Waals surface area contributed by atoms with E-state index in [2.05, 4.69) is 0 Å². The maximum absolute atomic E-state index is 11.2. The van der Waals surface area contributed by atoms with Crippen molar-refractivity contribution in [3.05, 3.63) is 28.8 Å². The highest BCUT2D eigenvalue weighted by molar-refractivity contribution is 8.13. The van der Waals surface area contributed by atoms with Gasteiger partial charge in [-0.15, -0.1) is 0 Å². The second kappa shape index (κ2) is 3.40. The standard InChI is InChI=1S/C9H8Cl2O2S/c10-7-3-4-8(6-1-2-6)9(5-7)14(11,12)13/h3-6H,1-2H2. The molecule has 0 atom stereocenters. The summed E-state index contributed by atoms with van der Waals surface area (Å²) in [6, 6.07) is 4.85. The highest BCUT2D eigenvalue weighted by atomic mass is 35.7. The van der Waals surface area contributed by atoms with Crippen LogP contribution < -0.4 is 0 Å². The van der Waals surface area contributed by atoms with E-state index in [9.17, 15) is 8.42 Å². The van der Waals surface area contributed by atoms with Crippen molar-refractivity contribution in [1.82, 2.24) is 0 Å². The van der Waals surface area contributed by atoms with Crippen LogP contribution in [0.2, 0.25) is 5.02 Å². The van der Waals surface area contributed by atoms with Crippen LogP contribution in [0.1, 0.15) is 24.3 Å². The first-order valence-corrected chi connectivity index (χ1v) is 6.91. The molecule has 0 bridgehead atoms. The summed E-state index contributed by atoms with van der Waals surface area (Å²) in [6.07, 6.45) is 2.06. The Morgan fingerprint density at radius 1 is 1.29 bits per heavy atom. The molecule has 1 aliphatic rings. The second-order valence-electron chi connectivity index (χ2n) is 3.39. The van der Waals surface area contributed by atoms with Gasteiger partial charge in [-0.3, -0.25) is 0 Å². The molecule has 1 saturated carbocycles. The average molecular weight is 251 g/mol. The predicted molar refractivity (Wildman–Crippen MR) is 56.5 cm³/mol. The van der Waals surface area contributed by atoms with E-state index in [0.29, 0.717) is 10.9 Å². The van der Waals surface area contributed by atoms with Crippen molar-refractivity contribution in [2.45, 2.75) is 23.7 Å². The fourth-order valence-corrected chi connectivity index (χ4v) is 2.87. The third-order valence-electron chi connectivity index (χ3n) is 2.26. The lowest BCUT2D eigenvalue weighted by Gasteiger charge is -2.05. The van der Waals surface area contributed by atoms with Crippen LogP contribution in [0, 0.1) is 0 Å². The minimum absolute atomic E-state index is 0.161. The minimum atomic E-state index is -3.67. The Morgan fingerprint density at radius 2 is 1.93 bits per heavy atom. The first-order valence-electron chi connectivity index (χ1n) is 4.22. The molecule has 2 nitrogen and oxygen atoms in total. The molecule has 0 aliphatic heterocycles. The van der Waals surface area contributed by atoms with Gasteiger partial charge in [0.2, 0.25) is 0 Å². The Labute approximate surface area is 92.3 Å². The first kappa shape index (κ1) is 10.3. The van der Waals surface area contributed by atoms with Gasteiger partial charge >= 0.3 is 0 Å². The third kappa shape index (κ3) is 2.05. The molecule has 0 aromatic heterocycles. The number of halogens is 2. The van der Waals surface area contributed by atoms with E-state index in [1.165, 1.54) is 6.07 Å². The van der Waals surface area contributed by atoms with E-state index in [1.54, 1.807) is 12.1 Å². The van der Waals surface area contributed by atoms with Gasteiger partial charge < -0.3 is 0 Å². The smallest absolute Gasteiger partial charge is 0.207 e. The highest BCUT2D eigenvalue weighted by Gasteiger charge is 2.29. The number of benzene rings is 1. The van der Waals surface area contributed by atoms with E-state index >= 15 is 0 Å². The molecular formula is C9H8Cl2O2S. The van der Waals surface area contributed by atoms with Crippen molar-refractivity contribution in [2.75, 3.05) is 0 Å². The predicted octanol–water partition coefficient (Wildman–Crippen LogP) is 3.14. The Hall–Kier alpha value is -0.250. The molecule has 76 valence electrons. The Morgan fingerprint density at radius 3 is 2.43 bits per heavy atom. The zero-order valence-corrected chi connectivity index (χ0v) is 9.53. The van der Waals surface area contributed by atoms with E-state index in [1.807, 2.05) is 0 Å². The van der Waals surface area contributed by atoms with E-state index < -0.39 is 9.05 Å². The largest absolute Gasteiger partial charge is 0.261 e. The summed E-state index contributed by atoms with van der Waals surface area (Å²) in [4.78, 5) is 0.161. The molecule has 1 aromatic carbocycles. The minimum Gasteiger partial charge on any atom is -0.207 e. The van der Waals surface area contributed by atoms with E-state index in [4.69, 9.17) is 22.3 Å². The summed E-state index contributed by atoms with van der Waals surface area (Å²) in [7, 11) is 1.65. The third-order valence-corrected chi connectivity index (χ3v) is 3.87. The van der Waals surface area contributed by atoms with Gasteiger partial charge in [0, 0.05) is 15.7 Å². The normalized spacial score (nSPS) is 17.0. The Bertz CT molecular complexity index is 464. The molecule has 0 unspecified atom stereocenters.